The van der Waals surface area contributed by atoms with E-state index in [1.54, 1.807) is 26.8 Å². The van der Waals surface area contributed by atoms with Gasteiger partial charge in [0.2, 0.25) is 11.8 Å². The third kappa shape index (κ3) is 12.1. The SMILES string of the molecule is CCCC(F)(F)CCC.C\C=C(Cl)/C=C\C(C)=N\C(CC)=C(/C)C(=O)NCc1ccc2nc(C)ccc2c1. The van der Waals surface area contributed by atoms with E-state index in [1.807, 2.05) is 64.1 Å². The lowest BCUT2D eigenvalue weighted by atomic mass is 10.1. The first-order valence-electron chi connectivity index (χ1n) is 13.2. The molecule has 1 aromatic carbocycles. The lowest BCUT2D eigenvalue weighted by Gasteiger charge is -2.12. The molecule has 1 amide bonds. The first kappa shape index (κ1) is 33.2. The number of aromatic nitrogens is 1. The summed E-state index contributed by atoms with van der Waals surface area (Å²) in [5, 5.41) is 4.70. The maximum atomic E-state index is 12.6. The van der Waals surface area contributed by atoms with E-state index in [9.17, 15) is 13.6 Å². The molecule has 38 heavy (non-hydrogen) atoms. The van der Waals surface area contributed by atoms with Gasteiger partial charge in [-0.3, -0.25) is 14.8 Å². The Labute approximate surface area is 232 Å². The third-order valence-corrected chi connectivity index (χ3v) is 6.10. The molecule has 0 spiro atoms. The second-order valence-corrected chi connectivity index (χ2v) is 9.64. The van der Waals surface area contributed by atoms with E-state index in [4.69, 9.17) is 11.6 Å². The number of aliphatic imine (C=N–C) groups is 1. The predicted octanol–water partition coefficient (Wildman–Crippen LogP) is 9.23. The number of benzene rings is 1. The van der Waals surface area contributed by atoms with Crippen LogP contribution in [0.1, 0.15) is 84.9 Å². The Hall–Kier alpha value is -2.86. The number of carbonyl (C=O) groups is 1. The van der Waals surface area contributed by atoms with Crippen molar-refractivity contribution in [3.05, 3.63) is 76.1 Å². The van der Waals surface area contributed by atoms with Crippen LogP contribution in [-0.2, 0) is 11.3 Å². The molecule has 2 aromatic rings. The Bertz CT molecular complexity index is 1170. The van der Waals surface area contributed by atoms with Crippen molar-refractivity contribution in [2.75, 3.05) is 0 Å². The maximum absolute atomic E-state index is 12.6. The minimum absolute atomic E-state index is 0.0425. The van der Waals surface area contributed by atoms with Gasteiger partial charge in [0.05, 0.1) is 5.52 Å². The highest BCUT2D eigenvalue weighted by molar-refractivity contribution is 6.31. The van der Waals surface area contributed by atoms with Gasteiger partial charge in [0.15, 0.2) is 0 Å². The molecule has 0 fully saturated rings. The van der Waals surface area contributed by atoms with Crippen molar-refractivity contribution in [2.24, 2.45) is 4.99 Å². The van der Waals surface area contributed by atoms with Crippen LogP contribution >= 0.6 is 11.6 Å². The third-order valence-electron chi connectivity index (χ3n) is 5.76. The van der Waals surface area contributed by atoms with Gasteiger partial charge in [-0.25, -0.2) is 8.78 Å². The van der Waals surface area contributed by atoms with Gasteiger partial charge in [0, 0.05) is 52.5 Å². The molecule has 1 aromatic heterocycles. The average Bonchev–Trinajstić information content (AvgIpc) is 2.88. The van der Waals surface area contributed by atoms with Gasteiger partial charge >= 0.3 is 0 Å². The molecule has 208 valence electrons. The zero-order valence-corrected chi connectivity index (χ0v) is 24.6. The number of allylic oxidation sites excluding steroid dienone is 5. The number of pyridine rings is 1. The van der Waals surface area contributed by atoms with Crippen molar-refractivity contribution in [1.29, 1.82) is 0 Å². The number of alkyl halides is 2. The number of nitrogens with zero attached hydrogens (tertiary/aromatic N) is 2. The van der Waals surface area contributed by atoms with Crippen LogP contribution < -0.4 is 5.32 Å². The Morgan fingerprint density at radius 2 is 1.74 bits per heavy atom. The van der Waals surface area contributed by atoms with E-state index in [-0.39, 0.29) is 18.7 Å². The minimum atomic E-state index is -2.40. The monoisotopic (exact) mass is 545 g/mol. The second kappa shape index (κ2) is 16.9. The number of aryl methyl sites for hydroxylation is 1. The van der Waals surface area contributed by atoms with Gasteiger partial charge in [-0.2, -0.15) is 0 Å². The van der Waals surface area contributed by atoms with E-state index in [1.165, 1.54) is 0 Å². The number of hydrogen-bond acceptors (Lipinski definition) is 3. The fourth-order valence-electron chi connectivity index (χ4n) is 3.66. The summed E-state index contributed by atoms with van der Waals surface area (Å²) in [5.41, 5.74) is 5.16. The molecule has 0 radical (unpaired) electrons. The molecule has 0 aliphatic heterocycles. The number of hydrogen-bond donors (Lipinski definition) is 1. The van der Waals surface area contributed by atoms with E-state index in [0.29, 0.717) is 36.4 Å². The van der Waals surface area contributed by atoms with E-state index in [2.05, 4.69) is 21.4 Å². The van der Waals surface area contributed by atoms with Gasteiger partial charge in [0.25, 0.3) is 0 Å². The van der Waals surface area contributed by atoms with Crippen LogP contribution in [-0.4, -0.2) is 22.5 Å². The fraction of sp³-hybridized carbons (Fsp3) is 0.452. The predicted molar refractivity (Wildman–Crippen MR) is 158 cm³/mol. The number of carbonyl (C=O) groups excluding carboxylic acids is 1. The number of nitrogens with one attached hydrogen (secondary N) is 1. The Kier molecular flexibility index (Phi) is 14.7. The molecular formula is C31H42ClF2N3O. The second-order valence-electron chi connectivity index (χ2n) is 9.20. The molecule has 0 bridgehead atoms. The topological polar surface area (TPSA) is 54.4 Å². The molecule has 0 unspecified atom stereocenters. The van der Waals surface area contributed by atoms with E-state index in [0.717, 1.165) is 33.6 Å². The summed E-state index contributed by atoms with van der Waals surface area (Å²) in [6, 6.07) is 10.1. The largest absolute Gasteiger partial charge is 0.348 e. The number of rotatable bonds is 11. The molecule has 0 aliphatic carbocycles. The summed E-state index contributed by atoms with van der Waals surface area (Å²) in [5.74, 6) is -2.51. The minimum Gasteiger partial charge on any atom is -0.348 e. The van der Waals surface area contributed by atoms with Crippen LogP contribution in [0.3, 0.4) is 0 Å². The highest BCUT2D eigenvalue weighted by atomic mass is 35.5. The van der Waals surface area contributed by atoms with Crippen LogP contribution in [0.4, 0.5) is 8.78 Å². The fourth-order valence-corrected chi connectivity index (χ4v) is 3.73. The molecule has 0 saturated heterocycles. The molecule has 0 saturated carbocycles. The zero-order chi connectivity index (χ0) is 28.7. The van der Waals surface area contributed by atoms with Gasteiger partial charge in [0.1, 0.15) is 0 Å². The van der Waals surface area contributed by atoms with Gasteiger partial charge in [-0.05, 0) is 70.0 Å². The molecule has 0 aliphatic rings. The molecule has 1 N–H and O–H groups in total. The Balaban J connectivity index is 0.000000686. The molecule has 2 rings (SSSR count). The molecule has 7 heteroatoms. The maximum Gasteiger partial charge on any atom is 0.249 e. The van der Waals surface area contributed by atoms with Crippen molar-refractivity contribution >= 4 is 34.1 Å². The van der Waals surface area contributed by atoms with Crippen LogP contribution in [0, 0.1) is 6.92 Å². The average molecular weight is 546 g/mol. The normalized spacial score (nSPS) is 13.3. The van der Waals surface area contributed by atoms with Gasteiger partial charge in [-0.15, -0.1) is 0 Å². The zero-order valence-electron chi connectivity index (χ0n) is 23.8. The Morgan fingerprint density at radius 1 is 1.08 bits per heavy atom. The highest BCUT2D eigenvalue weighted by Crippen LogP contribution is 2.25. The van der Waals surface area contributed by atoms with Crippen LogP contribution in [0.2, 0.25) is 0 Å². The van der Waals surface area contributed by atoms with Gasteiger partial charge < -0.3 is 5.32 Å². The van der Waals surface area contributed by atoms with Crippen LogP contribution in [0.15, 0.2) is 69.9 Å². The Morgan fingerprint density at radius 3 is 2.32 bits per heavy atom. The lowest BCUT2D eigenvalue weighted by molar-refractivity contribution is -0.117. The number of amides is 1. The van der Waals surface area contributed by atoms with Crippen LogP contribution in [0.25, 0.3) is 10.9 Å². The summed E-state index contributed by atoms with van der Waals surface area (Å²) in [6.07, 6.45) is 7.35. The van der Waals surface area contributed by atoms with Crippen molar-refractivity contribution < 1.29 is 13.6 Å². The van der Waals surface area contributed by atoms with E-state index >= 15 is 0 Å². The van der Waals surface area contributed by atoms with Crippen molar-refractivity contribution in [3.8, 4) is 0 Å². The number of fused-ring (bicyclic) bond motifs is 1. The van der Waals surface area contributed by atoms with Crippen LogP contribution in [0.5, 0.6) is 0 Å². The smallest absolute Gasteiger partial charge is 0.249 e. The summed E-state index contributed by atoms with van der Waals surface area (Å²) in [7, 11) is 0. The summed E-state index contributed by atoms with van der Waals surface area (Å²) >= 11 is 5.98. The summed E-state index contributed by atoms with van der Waals surface area (Å²) < 4.78 is 24.8. The standard InChI is InChI=1S/C24H28ClN3O.C7H14F2/c1-6-21(25)12-9-17(4)27-22(7-2)18(5)24(29)26-15-19-10-13-23-20(14-19)11-8-16(3)28-23;1-3-5-7(8,9)6-4-2/h6,8-14H,7,15H2,1-5H3,(H,26,29);3-6H2,1-2H3/b12-9-,21-6+,22-18+,27-17+;. The summed E-state index contributed by atoms with van der Waals surface area (Å²) in [6.45, 7) is 13.6. The van der Waals surface area contributed by atoms with Crippen molar-refractivity contribution in [1.82, 2.24) is 10.3 Å². The molecular weight excluding hydrogens is 504 g/mol. The quantitative estimate of drug-likeness (QED) is 0.174. The van der Waals surface area contributed by atoms with Crippen molar-refractivity contribution in [2.45, 2.75) is 93.0 Å². The first-order valence-corrected chi connectivity index (χ1v) is 13.6. The lowest BCUT2D eigenvalue weighted by Crippen LogP contribution is -2.24. The molecule has 4 nitrogen and oxygen atoms in total. The number of halogens is 3. The highest BCUT2D eigenvalue weighted by Gasteiger charge is 2.25. The summed E-state index contributed by atoms with van der Waals surface area (Å²) in [4.78, 5) is 21.7. The van der Waals surface area contributed by atoms with E-state index < -0.39 is 5.92 Å². The first-order chi connectivity index (χ1) is 18.0. The molecule has 1 heterocycles. The van der Waals surface area contributed by atoms with Crippen molar-refractivity contribution in [3.63, 3.8) is 0 Å². The molecule has 0 atom stereocenters. The van der Waals surface area contributed by atoms with Gasteiger partial charge in [-0.1, -0.05) is 63.4 Å².